The molecule has 262 valence electrons. The van der Waals surface area contributed by atoms with E-state index in [1.54, 1.807) is 48.5 Å². The maximum absolute atomic E-state index is 14.0. The second-order valence-corrected chi connectivity index (χ2v) is 13.5. The molecule has 0 aliphatic rings. The van der Waals surface area contributed by atoms with Gasteiger partial charge in [-0.25, -0.2) is 0 Å². The largest absolute Gasteiger partial charge is 0.416 e. The number of alkyl halides is 12. The molecule has 6 aromatic carbocycles. The minimum Gasteiger partial charge on any atom is -0.265 e. The molecule has 1 heterocycles. The predicted octanol–water partition coefficient (Wildman–Crippen LogP) is 14.3. The van der Waals surface area contributed by atoms with Gasteiger partial charge in [0, 0.05) is 21.9 Å². The van der Waals surface area contributed by atoms with Crippen LogP contribution < -0.4 is 0 Å². The van der Waals surface area contributed by atoms with Crippen molar-refractivity contribution < 1.29 is 52.7 Å². The Bertz CT molecular complexity index is 2300. The van der Waals surface area contributed by atoms with Crippen LogP contribution in [0.25, 0.3) is 64.0 Å². The van der Waals surface area contributed by atoms with Gasteiger partial charge in [-0.05, 0) is 81.2 Å². The number of halogens is 12. The van der Waals surface area contributed by atoms with E-state index in [0.29, 0.717) is 56.6 Å². The summed E-state index contributed by atoms with van der Waals surface area (Å²) in [6, 6.07) is 18.4. The standard InChI is InChI=1S/C36H17F12NS2/c37-33(38,39)21-9-19(10-22(15-21)34(40,41)42)27-13-17-5-1-3-7-25(17)29-30-26-8-4-2-6-18(26)14-28(32(30)51-49-50-31(27)29)20-11-23(35(43,44)45)16-24(12-20)36(46,47)48/h1-16,49H. The van der Waals surface area contributed by atoms with Crippen LogP contribution in [-0.2, 0) is 24.7 Å². The zero-order chi connectivity index (χ0) is 36.7. The fraction of sp³-hybridized carbons (Fsp3) is 0.111. The summed E-state index contributed by atoms with van der Waals surface area (Å²) in [5.74, 6) is 0. The first kappa shape index (κ1) is 34.7. The first-order valence-corrected chi connectivity index (χ1v) is 16.2. The van der Waals surface area contributed by atoms with E-state index < -0.39 is 58.1 Å². The van der Waals surface area contributed by atoms with E-state index in [-0.39, 0.29) is 32.7 Å². The van der Waals surface area contributed by atoms with E-state index in [9.17, 15) is 52.7 Å². The van der Waals surface area contributed by atoms with Gasteiger partial charge in [0.05, 0.1) is 31.7 Å². The Morgan fingerprint density at radius 2 is 0.706 bits per heavy atom. The molecule has 0 fully saturated rings. The van der Waals surface area contributed by atoms with Crippen LogP contribution in [-0.4, -0.2) is 3.76 Å². The van der Waals surface area contributed by atoms with Crippen LogP contribution in [0.15, 0.2) is 97.1 Å². The van der Waals surface area contributed by atoms with Gasteiger partial charge in [-0.2, -0.15) is 52.7 Å². The lowest BCUT2D eigenvalue weighted by Crippen LogP contribution is -2.11. The van der Waals surface area contributed by atoms with Crippen molar-refractivity contribution in [2.45, 2.75) is 24.7 Å². The van der Waals surface area contributed by atoms with Crippen LogP contribution in [0, 0.1) is 0 Å². The summed E-state index contributed by atoms with van der Waals surface area (Å²) in [6.45, 7) is 0. The first-order chi connectivity index (χ1) is 23.8. The summed E-state index contributed by atoms with van der Waals surface area (Å²) in [6.07, 6.45) is -20.5. The molecular weight excluding hydrogens is 739 g/mol. The van der Waals surface area contributed by atoms with Gasteiger partial charge in [-0.1, -0.05) is 71.6 Å². The highest BCUT2D eigenvalue weighted by Crippen LogP contribution is 2.48. The number of H-pyrrole nitrogens is 1. The SMILES string of the molecule is FC(F)(F)c1cc(-c2cc3ccccc3c3c2s[nH]sc2c(-c4cc(C(F)(F)F)cc(C(F)(F)F)c4)cc4ccccc4c23)cc(C(F)(F)F)c1. The van der Waals surface area contributed by atoms with Gasteiger partial charge in [0.25, 0.3) is 0 Å². The van der Waals surface area contributed by atoms with E-state index in [0.717, 1.165) is 23.1 Å². The van der Waals surface area contributed by atoms with Crippen molar-refractivity contribution in [3.05, 3.63) is 119 Å². The van der Waals surface area contributed by atoms with Crippen molar-refractivity contribution in [1.82, 2.24) is 3.76 Å². The summed E-state index contributed by atoms with van der Waals surface area (Å²) in [7, 11) is 0. The Balaban J connectivity index is 1.70. The molecule has 7 rings (SSSR count). The third-order valence-corrected chi connectivity index (χ3v) is 10.3. The Hall–Kier alpha value is -4.76. The number of nitrogens with one attached hydrogen (secondary N) is 1. The molecule has 0 amide bonds. The maximum Gasteiger partial charge on any atom is 0.416 e. The number of hydrogen-bond acceptors (Lipinski definition) is 2. The number of benzene rings is 6. The highest BCUT2D eigenvalue weighted by Gasteiger charge is 2.38. The summed E-state index contributed by atoms with van der Waals surface area (Å²) < 4.78 is 171. The molecule has 0 atom stereocenters. The second kappa shape index (κ2) is 11.9. The van der Waals surface area contributed by atoms with Gasteiger partial charge >= 0.3 is 24.7 Å². The van der Waals surface area contributed by atoms with E-state index in [1.165, 1.54) is 12.1 Å². The van der Waals surface area contributed by atoms with Crippen molar-refractivity contribution in [3.63, 3.8) is 0 Å². The molecule has 0 aliphatic heterocycles. The zero-order valence-electron chi connectivity index (χ0n) is 25.1. The quantitative estimate of drug-likeness (QED) is 0.169. The van der Waals surface area contributed by atoms with Crippen molar-refractivity contribution in [2.75, 3.05) is 0 Å². The maximum atomic E-state index is 14.0. The summed E-state index contributed by atoms with van der Waals surface area (Å²) in [5.41, 5.74) is -6.98. The molecule has 1 nitrogen and oxygen atoms in total. The molecule has 1 N–H and O–H groups in total. The van der Waals surface area contributed by atoms with E-state index >= 15 is 0 Å². The summed E-state index contributed by atoms with van der Waals surface area (Å²) >= 11 is 1.69. The molecule has 7 aromatic rings. The molecule has 0 aliphatic carbocycles. The molecule has 0 saturated carbocycles. The second-order valence-electron chi connectivity index (χ2n) is 11.6. The summed E-state index contributed by atoms with van der Waals surface area (Å²) in [5, 5.41) is 2.41. The van der Waals surface area contributed by atoms with Crippen LogP contribution in [0.5, 0.6) is 0 Å². The monoisotopic (exact) mass is 755 g/mol. The molecule has 0 unspecified atom stereocenters. The Kier molecular flexibility index (Phi) is 8.10. The van der Waals surface area contributed by atoms with Crippen molar-refractivity contribution >= 4 is 64.8 Å². The molecule has 15 heteroatoms. The minimum atomic E-state index is -5.14. The van der Waals surface area contributed by atoms with Crippen LogP contribution in [0.4, 0.5) is 52.7 Å². The lowest BCUT2D eigenvalue weighted by molar-refractivity contribution is -0.144. The van der Waals surface area contributed by atoms with Gasteiger partial charge in [0.2, 0.25) is 0 Å². The average Bonchev–Trinajstić information content (AvgIpc) is 3.26. The third kappa shape index (κ3) is 6.37. The van der Waals surface area contributed by atoms with Crippen LogP contribution >= 0.6 is 23.1 Å². The number of rotatable bonds is 2. The van der Waals surface area contributed by atoms with Crippen molar-refractivity contribution in [1.29, 1.82) is 0 Å². The number of aromatic amines is 1. The fourth-order valence-corrected chi connectivity index (χ4v) is 8.15. The van der Waals surface area contributed by atoms with Gasteiger partial charge < -0.3 is 0 Å². The highest BCUT2D eigenvalue weighted by atomic mass is 32.2. The predicted molar refractivity (Wildman–Crippen MR) is 175 cm³/mol. The third-order valence-electron chi connectivity index (χ3n) is 8.34. The minimum absolute atomic E-state index is 0.0147. The van der Waals surface area contributed by atoms with Crippen molar-refractivity contribution in [3.8, 4) is 22.3 Å². The molecule has 0 radical (unpaired) electrons. The fourth-order valence-electron chi connectivity index (χ4n) is 6.12. The molecule has 51 heavy (non-hydrogen) atoms. The average molecular weight is 756 g/mol. The lowest BCUT2D eigenvalue weighted by atomic mass is 9.91. The van der Waals surface area contributed by atoms with Gasteiger partial charge in [0.15, 0.2) is 0 Å². The number of hydrogen-bond donors (Lipinski definition) is 1. The van der Waals surface area contributed by atoms with E-state index in [1.807, 2.05) is 0 Å². The number of aromatic nitrogens is 1. The number of fused-ring (bicyclic) bond motifs is 7. The van der Waals surface area contributed by atoms with Crippen molar-refractivity contribution in [2.24, 2.45) is 0 Å². The van der Waals surface area contributed by atoms with Crippen LogP contribution in [0.3, 0.4) is 0 Å². The Morgan fingerprint density at radius 3 is 1.02 bits per heavy atom. The lowest BCUT2D eigenvalue weighted by Gasteiger charge is -2.17. The first-order valence-electron chi connectivity index (χ1n) is 14.6. The van der Waals surface area contributed by atoms with Gasteiger partial charge in [-0.3, -0.25) is 3.76 Å². The Morgan fingerprint density at radius 1 is 0.392 bits per heavy atom. The van der Waals surface area contributed by atoms with E-state index in [2.05, 4.69) is 3.76 Å². The van der Waals surface area contributed by atoms with Crippen LogP contribution in [0.1, 0.15) is 22.3 Å². The van der Waals surface area contributed by atoms with E-state index in [4.69, 9.17) is 0 Å². The molecule has 1 aromatic heterocycles. The molecule has 0 saturated heterocycles. The normalized spacial score (nSPS) is 13.1. The Labute approximate surface area is 287 Å². The van der Waals surface area contributed by atoms with Gasteiger partial charge in [0.1, 0.15) is 0 Å². The summed E-state index contributed by atoms with van der Waals surface area (Å²) in [4.78, 5) is 0. The van der Waals surface area contributed by atoms with Gasteiger partial charge in [-0.15, -0.1) is 0 Å². The highest BCUT2D eigenvalue weighted by molar-refractivity contribution is 7.25. The zero-order valence-corrected chi connectivity index (χ0v) is 26.7. The molecular formula is C36H17F12NS2. The topological polar surface area (TPSA) is 15.8 Å². The molecule has 0 spiro atoms. The smallest absolute Gasteiger partial charge is 0.265 e. The molecule has 0 bridgehead atoms. The van der Waals surface area contributed by atoms with Crippen LogP contribution in [0.2, 0.25) is 0 Å².